The number of anilines is 1. The largest absolute Gasteiger partial charge is 0.324 e. The summed E-state index contributed by atoms with van der Waals surface area (Å²) in [4.78, 5) is 16.6. The summed E-state index contributed by atoms with van der Waals surface area (Å²) in [6, 6.07) is 7.80. The fourth-order valence-corrected chi connectivity index (χ4v) is 3.15. The van der Waals surface area contributed by atoms with E-state index in [-0.39, 0.29) is 11.2 Å². The zero-order valence-corrected chi connectivity index (χ0v) is 13.2. The number of nitrogens with zero attached hydrogens (tertiary/aromatic N) is 2. The van der Waals surface area contributed by atoms with Crippen LogP contribution in [0.25, 0.3) is 0 Å². The Morgan fingerprint density at radius 2 is 2.24 bits per heavy atom. The summed E-state index contributed by atoms with van der Waals surface area (Å²) in [5.74, 6) is -0.0709. The van der Waals surface area contributed by atoms with Gasteiger partial charge in [0, 0.05) is 18.4 Å². The second-order valence-electron chi connectivity index (χ2n) is 5.08. The van der Waals surface area contributed by atoms with Crippen molar-refractivity contribution < 1.29 is 4.79 Å². The lowest BCUT2D eigenvalue weighted by Gasteiger charge is -2.13. The van der Waals surface area contributed by atoms with Crippen LogP contribution < -0.4 is 5.32 Å². The van der Waals surface area contributed by atoms with E-state index in [0.29, 0.717) is 16.8 Å². The number of halogens is 1. The van der Waals surface area contributed by atoms with Crippen LogP contribution in [0.2, 0.25) is 5.02 Å². The minimum atomic E-state index is -0.235. The van der Waals surface area contributed by atoms with Crippen LogP contribution in [0.3, 0.4) is 0 Å². The number of imidazole rings is 1. The first kappa shape index (κ1) is 14.5. The molecule has 1 heterocycles. The molecule has 21 heavy (non-hydrogen) atoms. The summed E-state index contributed by atoms with van der Waals surface area (Å²) >= 11 is 7.53. The number of aromatic nitrogens is 2. The van der Waals surface area contributed by atoms with E-state index in [2.05, 4.69) is 14.9 Å². The van der Waals surface area contributed by atoms with Crippen LogP contribution in [0.5, 0.6) is 0 Å². The van der Waals surface area contributed by atoms with Gasteiger partial charge in [-0.1, -0.05) is 35.5 Å². The lowest BCUT2D eigenvalue weighted by atomic mass is 10.3. The third kappa shape index (κ3) is 3.41. The first-order chi connectivity index (χ1) is 10.1. The average molecular weight is 322 g/mol. The predicted molar refractivity (Wildman–Crippen MR) is 85.9 cm³/mol. The van der Waals surface area contributed by atoms with Crippen LogP contribution in [-0.2, 0) is 4.79 Å². The number of hydrogen-bond acceptors (Lipinski definition) is 3. The molecule has 1 fully saturated rings. The zero-order chi connectivity index (χ0) is 14.8. The highest BCUT2D eigenvalue weighted by molar-refractivity contribution is 8.00. The summed E-state index contributed by atoms with van der Waals surface area (Å²) in [7, 11) is 0. The quantitative estimate of drug-likeness (QED) is 0.847. The number of amides is 1. The molecule has 1 N–H and O–H groups in total. The Hall–Kier alpha value is -1.46. The smallest absolute Gasteiger partial charge is 0.237 e. The molecule has 1 saturated carbocycles. The van der Waals surface area contributed by atoms with Crippen LogP contribution >= 0.6 is 23.4 Å². The van der Waals surface area contributed by atoms with Gasteiger partial charge in [-0.05, 0) is 31.9 Å². The van der Waals surface area contributed by atoms with Crippen molar-refractivity contribution in [3.63, 3.8) is 0 Å². The lowest BCUT2D eigenvalue weighted by Crippen LogP contribution is -2.23. The summed E-state index contributed by atoms with van der Waals surface area (Å²) in [6.45, 7) is 1.88. The standard InChI is InChI=1S/C15H16ClN3OS/c1-10(14(20)18-13-5-3-2-4-12(13)16)21-15-17-8-9-19(15)11-6-7-11/h2-5,8-11H,6-7H2,1H3,(H,18,20). The normalized spacial score (nSPS) is 15.7. The zero-order valence-electron chi connectivity index (χ0n) is 11.6. The minimum Gasteiger partial charge on any atom is -0.324 e. The molecular formula is C15H16ClN3OS. The molecule has 1 atom stereocenters. The van der Waals surface area contributed by atoms with Gasteiger partial charge in [-0.2, -0.15) is 0 Å². The van der Waals surface area contributed by atoms with Crippen molar-refractivity contribution in [1.82, 2.24) is 9.55 Å². The fourth-order valence-electron chi connectivity index (χ4n) is 2.03. The van der Waals surface area contributed by atoms with Crippen LogP contribution in [0.1, 0.15) is 25.8 Å². The Labute approximate surface area is 132 Å². The Morgan fingerprint density at radius 1 is 1.48 bits per heavy atom. The highest BCUT2D eigenvalue weighted by Gasteiger charge is 2.27. The lowest BCUT2D eigenvalue weighted by molar-refractivity contribution is -0.115. The number of benzene rings is 1. The van der Waals surface area contributed by atoms with Gasteiger partial charge in [0.1, 0.15) is 0 Å². The van der Waals surface area contributed by atoms with Crippen molar-refractivity contribution in [3.05, 3.63) is 41.7 Å². The molecule has 0 saturated heterocycles. The molecule has 3 rings (SSSR count). The number of thioether (sulfide) groups is 1. The molecule has 1 amide bonds. The van der Waals surface area contributed by atoms with Crippen molar-refractivity contribution >= 4 is 35.0 Å². The van der Waals surface area contributed by atoms with Gasteiger partial charge in [0.2, 0.25) is 5.91 Å². The number of nitrogens with one attached hydrogen (secondary N) is 1. The number of carbonyl (C=O) groups excluding carboxylic acids is 1. The number of carbonyl (C=O) groups is 1. The Kier molecular flexibility index (Phi) is 4.22. The van der Waals surface area contributed by atoms with Crippen LogP contribution in [-0.4, -0.2) is 20.7 Å². The van der Waals surface area contributed by atoms with E-state index in [1.807, 2.05) is 25.3 Å². The fraction of sp³-hybridized carbons (Fsp3) is 0.333. The Bertz CT molecular complexity index is 654. The van der Waals surface area contributed by atoms with Gasteiger partial charge in [0.25, 0.3) is 0 Å². The third-order valence-corrected chi connectivity index (χ3v) is 4.78. The summed E-state index contributed by atoms with van der Waals surface area (Å²) in [5.41, 5.74) is 0.641. The van der Waals surface area contributed by atoms with E-state index in [1.54, 1.807) is 18.3 Å². The van der Waals surface area contributed by atoms with Crippen molar-refractivity contribution in [3.8, 4) is 0 Å². The maximum absolute atomic E-state index is 12.3. The monoisotopic (exact) mass is 321 g/mol. The molecule has 1 aliphatic rings. The molecule has 0 spiro atoms. The summed E-state index contributed by atoms with van der Waals surface area (Å²) in [6.07, 6.45) is 6.17. The van der Waals surface area contributed by atoms with Gasteiger partial charge in [0.05, 0.1) is 16.0 Å². The SMILES string of the molecule is CC(Sc1nccn1C1CC1)C(=O)Nc1ccccc1Cl. The molecule has 1 aromatic carbocycles. The molecule has 0 aliphatic heterocycles. The van der Waals surface area contributed by atoms with E-state index in [0.717, 1.165) is 5.16 Å². The molecule has 6 heteroatoms. The molecule has 0 bridgehead atoms. The van der Waals surface area contributed by atoms with Gasteiger partial charge < -0.3 is 9.88 Å². The Morgan fingerprint density at radius 3 is 2.95 bits per heavy atom. The van der Waals surface area contributed by atoms with Gasteiger partial charge in [-0.15, -0.1) is 0 Å². The Balaban J connectivity index is 1.64. The minimum absolute atomic E-state index is 0.0709. The van der Waals surface area contributed by atoms with Crippen LogP contribution in [0.4, 0.5) is 5.69 Å². The second-order valence-corrected chi connectivity index (χ2v) is 6.79. The molecule has 4 nitrogen and oxygen atoms in total. The number of rotatable bonds is 5. The maximum Gasteiger partial charge on any atom is 0.237 e. The van der Waals surface area contributed by atoms with E-state index in [1.165, 1.54) is 24.6 Å². The highest BCUT2D eigenvalue weighted by atomic mass is 35.5. The van der Waals surface area contributed by atoms with Gasteiger partial charge in [-0.25, -0.2) is 4.98 Å². The molecule has 1 aliphatic carbocycles. The van der Waals surface area contributed by atoms with Gasteiger partial charge in [0.15, 0.2) is 5.16 Å². The summed E-state index contributed by atoms with van der Waals surface area (Å²) < 4.78 is 2.16. The van der Waals surface area contributed by atoms with Crippen molar-refractivity contribution in [2.24, 2.45) is 0 Å². The first-order valence-electron chi connectivity index (χ1n) is 6.90. The second kappa shape index (κ2) is 6.12. The van der Waals surface area contributed by atoms with E-state index < -0.39 is 0 Å². The molecule has 1 aromatic heterocycles. The van der Waals surface area contributed by atoms with Crippen molar-refractivity contribution in [2.45, 2.75) is 36.2 Å². The third-order valence-electron chi connectivity index (χ3n) is 3.36. The van der Waals surface area contributed by atoms with E-state index in [4.69, 9.17) is 11.6 Å². The number of para-hydroxylation sites is 1. The first-order valence-corrected chi connectivity index (χ1v) is 8.16. The predicted octanol–water partition coefficient (Wildman–Crippen LogP) is 3.99. The van der Waals surface area contributed by atoms with Gasteiger partial charge in [-0.3, -0.25) is 4.79 Å². The number of hydrogen-bond donors (Lipinski definition) is 1. The molecular weight excluding hydrogens is 306 g/mol. The molecule has 110 valence electrons. The van der Waals surface area contributed by atoms with Crippen LogP contribution in [0.15, 0.2) is 41.8 Å². The molecule has 2 aromatic rings. The molecule has 1 unspecified atom stereocenters. The van der Waals surface area contributed by atoms with Crippen molar-refractivity contribution in [1.29, 1.82) is 0 Å². The molecule has 0 radical (unpaired) electrons. The summed E-state index contributed by atoms with van der Waals surface area (Å²) in [5, 5.41) is 4.07. The van der Waals surface area contributed by atoms with Crippen molar-refractivity contribution in [2.75, 3.05) is 5.32 Å². The average Bonchev–Trinajstić information content (AvgIpc) is 3.21. The van der Waals surface area contributed by atoms with E-state index >= 15 is 0 Å². The van der Waals surface area contributed by atoms with Gasteiger partial charge >= 0.3 is 0 Å². The van der Waals surface area contributed by atoms with E-state index in [9.17, 15) is 4.79 Å². The highest BCUT2D eigenvalue weighted by Crippen LogP contribution is 2.38. The maximum atomic E-state index is 12.3. The van der Waals surface area contributed by atoms with Crippen LogP contribution in [0, 0.1) is 0 Å². The topological polar surface area (TPSA) is 46.9 Å².